The first-order valence-corrected chi connectivity index (χ1v) is 4.57. The summed E-state index contributed by atoms with van der Waals surface area (Å²) in [6.07, 6.45) is 1.68. The number of para-hydroxylation sites is 1. The highest BCUT2D eigenvalue weighted by Gasteiger charge is 2.02. The maximum Gasteiger partial charge on any atom is 0.200 e. The number of hydrogen-bond donors (Lipinski definition) is 1. The van der Waals surface area contributed by atoms with Gasteiger partial charge in [-0.05, 0) is 24.4 Å². The average molecular weight is 202 g/mol. The van der Waals surface area contributed by atoms with Crippen LogP contribution in [-0.4, -0.2) is 19.6 Å². The first kappa shape index (κ1) is 7.64. The first-order chi connectivity index (χ1) is 6.86. The van der Waals surface area contributed by atoms with Crippen LogP contribution in [0.15, 0.2) is 30.6 Å². The maximum absolute atomic E-state index is 5.05. The molecule has 5 heteroatoms. The third-order valence-electron chi connectivity index (χ3n) is 2.16. The molecule has 1 N–H and O–H groups in total. The Kier molecular flexibility index (Phi) is 1.43. The highest BCUT2D eigenvalue weighted by molar-refractivity contribution is 7.71. The predicted molar refractivity (Wildman–Crippen MR) is 55.7 cm³/mol. The number of benzene rings is 1. The van der Waals surface area contributed by atoms with E-state index in [0.717, 1.165) is 16.6 Å². The largest absolute Gasteiger partial charge is 0.258 e. The lowest BCUT2D eigenvalue weighted by Crippen LogP contribution is -1.88. The number of hydrogen-bond acceptors (Lipinski definition) is 3. The van der Waals surface area contributed by atoms with Crippen molar-refractivity contribution in [2.24, 2.45) is 0 Å². The fourth-order valence-electron chi connectivity index (χ4n) is 1.50. The van der Waals surface area contributed by atoms with E-state index in [-0.39, 0.29) is 0 Å². The zero-order valence-electron chi connectivity index (χ0n) is 7.14. The highest BCUT2D eigenvalue weighted by Crippen LogP contribution is 2.14. The average Bonchev–Trinajstić information content (AvgIpc) is 2.61. The second-order valence-corrected chi connectivity index (χ2v) is 3.37. The van der Waals surface area contributed by atoms with Crippen LogP contribution in [0.4, 0.5) is 0 Å². The van der Waals surface area contributed by atoms with Crippen molar-refractivity contribution in [1.82, 2.24) is 19.6 Å². The van der Waals surface area contributed by atoms with Crippen LogP contribution in [0.1, 0.15) is 0 Å². The predicted octanol–water partition coefficient (Wildman–Crippen LogP) is 1.94. The smallest absolute Gasteiger partial charge is 0.200 e. The summed E-state index contributed by atoms with van der Waals surface area (Å²) in [7, 11) is 0. The first-order valence-electron chi connectivity index (χ1n) is 4.17. The lowest BCUT2D eigenvalue weighted by molar-refractivity contribution is 1.05. The number of aromatic nitrogens is 4. The summed E-state index contributed by atoms with van der Waals surface area (Å²) in [5, 5.41) is 7.90. The van der Waals surface area contributed by atoms with Gasteiger partial charge in [-0.15, -0.1) is 0 Å². The van der Waals surface area contributed by atoms with Crippen molar-refractivity contribution in [1.29, 1.82) is 0 Å². The fraction of sp³-hybridized carbons (Fsp3) is 0. The van der Waals surface area contributed by atoms with E-state index in [9.17, 15) is 0 Å². The van der Waals surface area contributed by atoms with Crippen LogP contribution < -0.4 is 0 Å². The Morgan fingerprint density at radius 3 is 3.07 bits per heavy atom. The van der Waals surface area contributed by atoms with Crippen molar-refractivity contribution in [3.63, 3.8) is 0 Å². The number of nitrogens with zero attached hydrogens (tertiary/aromatic N) is 3. The van der Waals surface area contributed by atoms with Crippen molar-refractivity contribution >= 4 is 28.8 Å². The van der Waals surface area contributed by atoms with E-state index in [4.69, 9.17) is 12.2 Å². The normalized spacial score (nSPS) is 11.1. The molecule has 68 valence electrons. The van der Waals surface area contributed by atoms with E-state index >= 15 is 0 Å². The van der Waals surface area contributed by atoms with E-state index < -0.39 is 0 Å². The summed E-state index contributed by atoms with van der Waals surface area (Å²) in [4.78, 5) is 4.28. The van der Waals surface area contributed by atoms with Gasteiger partial charge in [0.15, 0.2) is 5.65 Å². The zero-order chi connectivity index (χ0) is 9.54. The molecule has 0 saturated carbocycles. The minimum atomic E-state index is 0.568. The Morgan fingerprint density at radius 2 is 2.14 bits per heavy atom. The van der Waals surface area contributed by atoms with Gasteiger partial charge in [0.25, 0.3) is 0 Å². The van der Waals surface area contributed by atoms with Crippen molar-refractivity contribution in [3.05, 3.63) is 35.4 Å². The van der Waals surface area contributed by atoms with Crippen molar-refractivity contribution < 1.29 is 0 Å². The van der Waals surface area contributed by atoms with Crippen molar-refractivity contribution in [3.8, 4) is 0 Å². The third kappa shape index (κ3) is 0.898. The molecule has 4 nitrogen and oxygen atoms in total. The molecule has 0 unspecified atom stereocenters. The molecule has 2 heterocycles. The molecule has 0 atom stereocenters. The van der Waals surface area contributed by atoms with Crippen LogP contribution in [0.5, 0.6) is 0 Å². The van der Waals surface area contributed by atoms with Gasteiger partial charge in [0.05, 0.1) is 5.52 Å². The SMILES string of the molecule is S=c1[nH]nc2c3ccccc3ncn12. The minimum absolute atomic E-state index is 0.568. The Balaban J connectivity index is 2.68. The summed E-state index contributed by atoms with van der Waals surface area (Å²) < 4.78 is 2.33. The summed E-state index contributed by atoms with van der Waals surface area (Å²) in [6.45, 7) is 0. The summed E-state index contributed by atoms with van der Waals surface area (Å²) in [6, 6.07) is 7.84. The second kappa shape index (κ2) is 2.62. The topological polar surface area (TPSA) is 46.0 Å². The second-order valence-electron chi connectivity index (χ2n) is 2.98. The molecule has 2 aromatic heterocycles. The number of aromatic amines is 1. The molecular formula is C9H6N4S. The Bertz CT molecular complexity index is 667. The molecule has 3 aromatic rings. The van der Waals surface area contributed by atoms with Gasteiger partial charge < -0.3 is 0 Å². The van der Waals surface area contributed by atoms with Gasteiger partial charge in [-0.3, -0.25) is 9.50 Å². The highest BCUT2D eigenvalue weighted by atomic mass is 32.1. The van der Waals surface area contributed by atoms with Crippen molar-refractivity contribution in [2.75, 3.05) is 0 Å². The zero-order valence-corrected chi connectivity index (χ0v) is 7.95. The monoisotopic (exact) mass is 202 g/mol. The van der Waals surface area contributed by atoms with E-state index in [1.54, 1.807) is 10.7 Å². The molecule has 0 aliphatic carbocycles. The molecule has 0 aliphatic rings. The quantitative estimate of drug-likeness (QED) is 0.567. The van der Waals surface area contributed by atoms with Gasteiger partial charge in [0.2, 0.25) is 4.77 Å². The molecule has 0 radical (unpaired) electrons. The molecule has 0 spiro atoms. The van der Waals surface area contributed by atoms with Crippen LogP contribution in [0, 0.1) is 4.77 Å². The van der Waals surface area contributed by atoms with Gasteiger partial charge in [-0.1, -0.05) is 12.1 Å². The van der Waals surface area contributed by atoms with Crippen LogP contribution in [0.2, 0.25) is 0 Å². The van der Waals surface area contributed by atoms with Crippen molar-refractivity contribution in [2.45, 2.75) is 0 Å². The Hall–Kier alpha value is -1.75. The molecule has 1 aromatic carbocycles. The van der Waals surface area contributed by atoms with Crippen LogP contribution in [-0.2, 0) is 0 Å². The molecule has 0 bridgehead atoms. The van der Waals surface area contributed by atoms with Gasteiger partial charge in [0.1, 0.15) is 6.33 Å². The molecule has 0 fully saturated rings. The van der Waals surface area contributed by atoms with Crippen LogP contribution >= 0.6 is 12.2 Å². The maximum atomic E-state index is 5.05. The number of fused-ring (bicyclic) bond motifs is 3. The number of rotatable bonds is 0. The lowest BCUT2D eigenvalue weighted by Gasteiger charge is -1.96. The standard InChI is InChI=1S/C9H6N4S/c14-9-12-11-8-6-3-1-2-4-7(6)10-5-13(8)9/h1-5H,(H,12,14). The van der Waals surface area contributed by atoms with Gasteiger partial charge >= 0.3 is 0 Å². The Morgan fingerprint density at radius 1 is 1.29 bits per heavy atom. The van der Waals surface area contributed by atoms with Gasteiger partial charge in [-0.2, -0.15) is 5.10 Å². The fourth-order valence-corrected chi connectivity index (χ4v) is 1.68. The van der Waals surface area contributed by atoms with E-state index in [0.29, 0.717) is 4.77 Å². The molecule has 0 amide bonds. The molecule has 0 saturated heterocycles. The Labute approximate surface area is 84.2 Å². The molecule has 14 heavy (non-hydrogen) atoms. The van der Waals surface area contributed by atoms with E-state index in [2.05, 4.69) is 15.2 Å². The number of H-pyrrole nitrogens is 1. The van der Waals surface area contributed by atoms with E-state index in [1.807, 2.05) is 24.3 Å². The number of nitrogens with one attached hydrogen (secondary N) is 1. The molecule has 3 rings (SSSR count). The van der Waals surface area contributed by atoms with Crippen LogP contribution in [0.25, 0.3) is 16.6 Å². The molecular weight excluding hydrogens is 196 g/mol. The summed E-state index contributed by atoms with van der Waals surface area (Å²) in [5.41, 5.74) is 1.75. The van der Waals surface area contributed by atoms with Gasteiger partial charge in [0, 0.05) is 5.39 Å². The minimum Gasteiger partial charge on any atom is -0.258 e. The lowest BCUT2D eigenvalue weighted by atomic mass is 10.2. The third-order valence-corrected chi connectivity index (χ3v) is 2.45. The van der Waals surface area contributed by atoms with Crippen LogP contribution in [0.3, 0.4) is 0 Å². The van der Waals surface area contributed by atoms with E-state index in [1.165, 1.54) is 0 Å². The molecule has 0 aliphatic heterocycles. The van der Waals surface area contributed by atoms with Gasteiger partial charge in [-0.25, -0.2) is 4.98 Å². The summed E-state index contributed by atoms with van der Waals surface area (Å²) >= 11 is 5.05. The summed E-state index contributed by atoms with van der Waals surface area (Å²) in [5.74, 6) is 0.